The van der Waals surface area contributed by atoms with Crippen LogP contribution in [0.1, 0.15) is 120 Å². The van der Waals surface area contributed by atoms with Crippen molar-refractivity contribution in [2.75, 3.05) is 0 Å². The van der Waals surface area contributed by atoms with Gasteiger partial charge < -0.3 is 5.11 Å². The molecule has 0 radical (unpaired) electrons. The Bertz CT molecular complexity index is 787. The highest BCUT2D eigenvalue weighted by molar-refractivity contribution is 5.81. The summed E-state index contributed by atoms with van der Waals surface area (Å²) < 4.78 is 0. The molecule has 4 fully saturated rings. The van der Waals surface area contributed by atoms with Gasteiger partial charge in [-0.05, 0) is 117 Å². The number of carbonyl (C=O) groups is 1. The molecule has 0 aliphatic heterocycles. The summed E-state index contributed by atoms with van der Waals surface area (Å²) in [5, 5.41) is 11.6. The van der Waals surface area contributed by atoms with Crippen molar-refractivity contribution in [2.45, 2.75) is 125 Å². The fourth-order valence-electron chi connectivity index (χ4n) is 10.3. The van der Waals surface area contributed by atoms with E-state index >= 15 is 0 Å². The highest BCUT2D eigenvalue weighted by Crippen LogP contribution is 2.75. The summed E-state index contributed by atoms with van der Waals surface area (Å²) in [5.41, 5.74) is 1.60. The van der Waals surface area contributed by atoms with Gasteiger partial charge in [0.15, 0.2) is 0 Å². The van der Waals surface area contributed by atoms with E-state index in [1.807, 2.05) is 0 Å². The van der Waals surface area contributed by atoms with Gasteiger partial charge in [-0.25, -0.2) is 0 Å². The zero-order chi connectivity index (χ0) is 23.7. The number of Topliss-reactive ketones (excluding diaryl/α,β-unsaturated/α-hetero) is 1. The van der Waals surface area contributed by atoms with E-state index in [2.05, 4.69) is 61.5 Å². The summed E-state index contributed by atoms with van der Waals surface area (Å²) in [6, 6.07) is 0. The van der Waals surface area contributed by atoms with E-state index in [0.29, 0.717) is 29.5 Å². The molecule has 0 amide bonds. The molecule has 4 aliphatic carbocycles. The van der Waals surface area contributed by atoms with Crippen LogP contribution in [0.3, 0.4) is 0 Å². The first-order chi connectivity index (χ1) is 14.7. The molecule has 4 saturated carbocycles. The van der Waals surface area contributed by atoms with Crippen molar-refractivity contribution in [1.82, 2.24) is 0 Å². The molecule has 0 saturated heterocycles. The number of aliphatic hydroxyl groups is 1. The Hall–Kier alpha value is -0.630. The van der Waals surface area contributed by atoms with Crippen molar-refractivity contribution in [1.29, 1.82) is 0 Å². The average molecular weight is 443 g/mol. The summed E-state index contributed by atoms with van der Waals surface area (Å²) >= 11 is 0. The first kappa shape index (κ1) is 24.5. The fourth-order valence-corrected chi connectivity index (χ4v) is 10.3. The maximum absolute atomic E-state index is 12.9. The number of ketones is 1. The Morgan fingerprint density at radius 2 is 1.62 bits per heavy atom. The van der Waals surface area contributed by atoms with Crippen molar-refractivity contribution in [3.63, 3.8) is 0 Å². The van der Waals surface area contributed by atoms with Crippen molar-refractivity contribution in [2.24, 2.45) is 45.3 Å². The van der Waals surface area contributed by atoms with E-state index in [0.717, 1.165) is 32.1 Å². The van der Waals surface area contributed by atoms with Crippen LogP contribution in [0.2, 0.25) is 0 Å². The molecule has 182 valence electrons. The predicted molar refractivity (Wildman–Crippen MR) is 133 cm³/mol. The standard InChI is InChI=1S/C30H50O2/c1-20(2)10-9-15-30(8,32)23-13-16-28(6)22(23)11-12-25-27(5)19-21(31)18-26(3,4)24(27)14-17-29(25,28)7/h10,22-25,32H,9,11-19H2,1-8H3/t22-,23+,24+,25-,27+,28-,29-,30+/m1/s1. The first-order valence-corrected chi connectivity index (χ1v) is 13.5. The predicted octanol–water partition coefficient (Wildman–Crippen LogP) is 7.74. The summed E-state index contributed by atoms with van der Waals surface area (Å²) in [6.45, 7) is 18.8. The van der Waals surface area contributed by atoms with Gasteiger partial charge in [0.1, 0.15) is 5.78 Å². The Kier molecular flexibility index (Phi) is 5.89. The lowest BCUT2D eigenvalue weighted by atomic mass is 9.35. The molecule has 0 aromatic heterocycles. The zero-order valence-corrected chi connectivity index (χ0v) is 22.3. The molecule has 0 heterocycles. The molecule has 32 heavy (non-hydrogen) atoms. The molecule has 8 atom stereocenters. The number of rotatable bonds is 4. The lowest BCUT2D eigenvalue weighted by Gasteiger charge is -2.69. The minimum absolute atomic E-state index is 0.135. The third-order valence-electron chi connectivity index (χ3n) is 11.8. The lowest BCUT2D eigenvalue weighted by Crippen LogP contribution is -2.63. The fraction of sp³-hybridized carbons (Fsp3) is 0.900. The summed E-state index contributed by atoms with van der Waals surface area (Å²) in [7, 11) is 0. The monoisotopic (exact) mass is 442 g/mol. The van der Waals surface area contributed by atoms with Gasteiger partial charge in [0.2, 0.25) is 0 Å². The van der Waals surface area contributed by atoms with Gasteiger partial charge >= 0.3 is 0 Å². The molecule has 2 heteroatoms. The first-order valence-electron chi connectivity index (χ1n) is 13.5. The molecule has 4 rings (SSSR count). The molecule has 0 aromatic carbocycles. The van der Waals surface area contributed by atoms with E-state index in [1.54, 1.807) is 0 Å². The smallest absolute Gasteiger partial charge is 0.134 e. The maximum Gasteiger partial charge on any atom is 0.134 e. The van der Waals surface area contributed by atoms with Crippen molar-refractivity contribution >= 4 is 5.78 Å². The average Bonchev–Trinajstić information content (AvgIpc) is 2.99. The number of allylic oxidation sites excluding steroid dienone is 2. The van der Waals surface area contributed by atoms with Gasteiger partial charge in [-0.1, -0.05) is 46.3 Å². The Balaban J connectivity index is 1.63. The molecule has 2 nitrogen and oxygen atoms in total. The zero-order valence-electron chi connectivity index (χ0n) is 22.3. The molecule has 0 spiro atoms. The van der Waals surface area contributed by atoms with Crippen molar-refractivity contribution < 1.29 is 9.90 Å². The van der Waals surface area contributed by atoms with Crippen molar-refractivity contribution in [3.8, 4) is 0 Å². The van der Waals surface area contributed by atoms with Gasteiger partial charge in [-0.15, -0.1) is 0 Å². The number of carbonyl (C=O) groups excluding carboxylic acids is 1. The second-order valence-corrected chi connectivity index (χ2v) is 14.4. The second-order valence-electron chi connectivity index (χ2n) is 14.4. The normalized spacial score (nSPS) is 47.1. The molecule has 0 bridgehead atoms. The summed E-state index contributed by atoms with van der Waals surface area (Å²) in [5.74, 6) is 2.81. The lowest BCUT2D eigenvalue weighted by molar-refractivity contribution is -0.206. The molecule has 4 aliphatic rings. The van der Waals surface area contributed by atoms with E-state index in [4.69, 9.17) is 0 Å². The summed E-state index contributed by atoms with van der Waals surface area (Å²) in [4.78, 5) is 12.9. The largest absolute Gasteiger partial charge is 0.390 e. The van der Waals surface area contributed by atoms with Crippen LogP contribution < -0.4 is 0 Å². The van der Waals surface area contributed by atoms with Gasteiger partial charge in [0.05, 0.1) is 5.60 Å². The van der Waals surface area contributed by atoms with Gasteiger partial charge in [0.25, 0.3) is 0 Å². The molecular weight excluding hydrogens is 392 g/mol. The SMILES string of the molecule is CC(C)=CCC[C@](C)(O)[C@H]1CC[C@]2(C)[C@@H]1CC[C@@H]1[C@@]3(C)CC(=O)CC(C)(C)[C@@H]3CC[C@]12C. The Morgan fingerprint density at radius 3 is 2.28 bits per heavy atom. The van der Waals surface area contributed by atoms with Crippen LogP contribution in [0.25, 0.3) is 0 Å². The Morgan fingerprint density at radius 1 is 0.969 bits per heavy atom. The van der Waals surface area contributed by atoms with E-state index in [1.165, 1.54) is 37.7 Å². The van der Waals surface area contributed by atoms with E-state index in [9.17, 15) is 9.90 Å². The Labute approximate surface area is 198 Å². The maximum atomic E-state index is 12.9. The van der Waals surface area contributed by atoms with Gasteiger partial charge in [0, 0.05) is 12.8 Å². The summed E-state index contributed by atoms with van der Waals surface area (Å²) in [6.07, 6.45) is 13.2. The van der Waals surface area contributed by atoms with Crippen LogP contribution in [0.15, 0.2) is 11.6 Å². The topological polar surface area (TPSA) is 37.3 Å². The van der Waals surface area contributed by atoms with Crippen LogP contribution in [-0.4, -0.2) is 16.5 Å². The number of hydrogen-bond donors (Lipinski definition) is 1. The highest BCUT2D eigenvalue weighted by Gasteiger charge is 2.69. The molecule has 0 unspecified atom stereocenters. The molecule has 0 aromatic rings. The minimum Gasteiger partial charge on any atom is -0.390 e. The van der Waals surface area contributed by atoms with E-state index in [-0.39, 0.29) is 21.7 Å². The van der Waals surface area contributed by atoms with Crippen molar-refractivity contribution in [3.05, 3.63) is 11.6 Å². The molecular formula is C30H50O2. The van der Waals surface area contributed by atoms with Crippen LogP contribution in [0.4, 0.5) is 0 Å². The second kappa shape index (κ2) is 7.69. The quantitative estimate of drug-likeness (QED) is 0.452. The van der Waals surface area contributed by atoms with E-state index < -0.39 is 5.60 Å². The number of fused-ring (bicyclic) bond motifs is 5. The van der Waals surface area contributed by atoms with Gasteiger partial charge in [-0.2, -0.15) is 0 Å². The molecule has 1 N–H and O–H groups in total. The third kappa shape index (κ3) is 3.48. The number of hydrogen-bond acceptors (Lipinski definition) is 2. The van der Waals surface area contributed by atoms with Crippen LogP contribution >= 0.6 is 0 Å². The minimum atomic E-state index is -0.582. The van der Waals surface area contributed by atoms with Gasteiger partial charge in [-0.3, -0.25) is 4.79 Å². The highest BCUT2D eigenvalue weighted by atomic mass is 16.3. The third-order valence-corrected chi connectivity index (χ3v) is 11.8. The van der Waals surface area contributed by atoms with Crippen LogP contribution in [0, 0.1) is 45.3 Å². The van der Waals surface area contributed by atoms with Crippen LogP contribution in [0.5, 0.6) is 0 Å². The van der Waals surface area contributed by atoms with Crippen LogP contribution in [-0.2, 0) is 4.79 Å².